The van der Waals surface area contributed by atoms with Gasteiger partial charge in [-0.05, 0) is 41.8 Å². The van der Waals surface area contributed by atoms with Gasteiger partial charge in [-0.25, -0.2) is 0 Å². The molecule has 0 saturated carbocycles. The lowest BCUT2D eigenvalue weighted by molar-refractivity contribution is 0.0820. The van der Waals surface area contributed by atoms with Crippen molar-refractivity contribution in [3.8, 4) is 39.9 Å². The van der Waals surface area contributed by atoms with E-state index in [2.05, 4.69) is 31.9 Å². The molecule has 0 spiro atoms. The van der Waals surface area contributed by atoms with Crippen molar-refractivity contribution in [2.45, 2.75) is 32.5 Å². The Morgan fingerprint density at radius 1 is 1.07 bits per heavy atom. The van der Waals surface area contributed by atoms with Gasteiger partial charge in [0.15, 0.2) is 11.6 Å². The molecule has 1 unspecified atom stereocenters. The van der Waals surface area contributed by atoms with Gasteiger partial charge in [0.05, 0.1) is 22.6 Å². The summed E-state index contributed by atoms with van der Waals surface area (Å²) in [4.78, 5) is 25.0. The van der Waals surface area contributed by atoms with Crippen LogP contribution >= 0.6 is 31.9 Å². The zero-order valence-electron chi connectivity index (χ0n) is 16.5. The van der Waals surface area contributed by atoms with Crippen molar-refractivity contribution in [1.29, 1.82) is 0 Å². The Hall–Kier alpha value is -2.26. The molecule has 9 heteroatoms. The average Bonchev–Trinajstić information content (AvgIpc) is 2.69. The number of benzene rings is 2. The Bertz CT molecular complexity index is 1090. The number of fused-ring (bicyclic) bond motifs is 1. The van der Waals surface area contributed by atoms with Crippen molar-refractivity contribution in [2.75, 3.05) is 6.61 Å². The van der Waals surface area contributed by atoms with Gasteiger partial charge in [-0.1, -0.05) is 22.9 Å². The predicted molar refractivity (Wildman–Crippen MR) is 117 cm³/mol. The summed E-state index contributed by atoms with van der Waals surface area (Å²) >= 11 is 6.49. The first-order valence-electron chi connectivity index (χ1n) is 9.17. The van der Waals surface area contributed by atoms with E-state index in [0.717, 1.165) is 0 Å². The smallest absolute Gasteiger partial charge is 0.176 e. The van der Waals surface area contributed by atoms with E-state index >= 15 is 0 Å². The van der Waals surface area contributed by atoms with Gasteiger partial charge in [0, 0.05) is 16.5 Å². The third-order valence-corrected chi connectivity index (χ3v) is 6.81. The molecule has 0 saturated heterocycles. The van der Waals surface area contributed by atoms with Crippen LogP contribution in [0.15, 0.2) is 4.47 Å². The first kappa shape index (κ1) is 22.4. The van der Waals surface area contributed by atoms with E-state index in [1.807, 2.05) is 6.92 Å². The van der Waals surface area contributed by atoms with Gasteiger partial charge in [-0.3, -0.25) is 9.59 Å². The summed E-state index contributed by atoms with van der Waals surface area (Å²) in [6, 6.07) is 0. The number of ketones is 2. The highest BCUT2D eigenvalue weighted by Gasteiger charge is 2.37. The lowest BCUT2D eigenvalue weighted by Crippen LogP contribution is -2.28. The fraction of sp³-hybridized carbons (Fsp3) is 0.333. The van der Waals surface area contributed by atoms with Crippen LogP contribution < -0.4 is 4.74 Å². The van der Waals surface area contributed by atoms with E-state index in [1.54, 1.807) is 0 Å². The van der Waals surface area contributed by atoms with Crippen LogP contribution in [0.5, 0.6) is 28.7 Å². The van der Waals surface area contributed by atoms with Gasteiger partial charge < -0.3 is 25.2 Å². The van der Waals surface area contributed by atoms with E-state index in [9.17, 15) is 30.0 Å². The van der Waals surface area contributed by atoms with Crippen LogP contribution in [0.3, 0.4) is 0 Å². The Labute approximate surface area is 189 Å². The maximum absolute atomic E-state index is 13.0. The number of halogens is 2. The lowest BCUT2D eigenvalue weighted by atomic mass is 9.85. The first-order chi connectivity index (χ1) is 14.1. The number of carbonyl (C=O) groups is 2. The molecule has 1 atom stereocenters. The van der Waals surface area contributed by atoms with Gasteiger partial charge in [0.25, 0.3) is 0 Å². The van der Waals surface area contributed by atoms with E-state index in [-0.39, 0.29) is 61.3 Å². The van der Waals surface area contributed by atoms with Crippen molar-refractivity contribution in [1.82, 2.24) is 0 Å². The molecule has 0 radical (unpaired) electrons. The monoisotopic (exact) mass is 542 g/mol. The molecule has 0 aromatic heterocycles. The van der Waals surface area contributed by atoms with Crippen LogP contribution in [0, 0.1) is 12.8 Å². The maximum Gasteiger partial charge on any atom is 0.176 e. The highest BCUT2D eigenvalue weighted by Crippen LogP contribution is 2.55. The molecule has 1 heterocycles. The molecule has 7 nitrogen and oxygen atoms in total. The third-order valence-electron chi connectivity index (χ3n) is 5.39. The number of phenols is 4. The van der Waals surface area contributed by atoms with Gasteiger partial charge in [-0.15, -0.1) is 0 Å². The zero-order valence-corrected chi connectivity index (χ0v) is 19.6. The number of aromatic hydroxyl groups is 4. The topological polar surface area (TPSA) is 124 Å². The van der Waals surface area contributed by atoms with Crippen molar-refractivity contribution >= 4 is 43.4 Å². The minimum atomic E-state index is -0.618. The van der Waals surface area contributed by atoms with Crippen LogP contribution in [0.25, 0.3) is 11.1 Å². The van der Waals surface area contributed by atoms with Crippen molar-refractivity contribution in [3.05, 3.63) is 26.7 Å². The molecule has 0 aliphatic carbocycles. The Morgan fingerprint density at radius 3 is 2.23 bits per heavy atom. The van der Waals surface area contributed by atoms with Crippen LogP contribution in [0.1, 0.15) is 52.1 Å². The van der Waals surface area contributed by atoms with E-state index in [0.29, 0.717) is 6.42 Å². The molecule has 0 bridgehead atoms. The molecule has 2 aromatic carbocycles. The van der Waals surface area contributed by atoms with Gasteiger partial charge in [0.2, 0.25) is 0 Å². The highest BCUT2D eigenvalue weighted by atomic mass is 79.9. The molecule has 0 amide bonds. The fourth-order valence-corrected chi connectivity index (χ4v) is 5.18. The summed E-state index contributed by atoms with van der Waals surface area (Å²) in [5.74, 6) is -3.34. The SMILES string of the molecule is CCC1COc2c(C)c(O)c(-c3c(O)c(C(C)=O)c(O)c(Br)c3CBr)c(O)c2C1=O. The summed E-state index contributed by atoms with van der Waals surface area (Å²) < 4.78 is 5.77. The summed E-state index contributed by atoms with van der Waals surface area (Å²) in [5, 5.41) is 43.3. The van der Waals surface area contributed by atoms with Crippen LogP contribution in [0.4, 0.5) is 0 Å². The molecule has 3 rings (SSSR count). The molecule has 30 heavy (non-hydrogen) atoms. The number of hydrogen-bond donors (Lipinski definition) is 4. The quantitative estimate of drug-likeness (QED) is 0.318. The number of hydrogen-bond acceptors (Lipinski definition) is 7. The third kappa shape index (κ3) is 3.15. The standard InChI is InChI=1S/C21H20Br2O7/c1-4-9-6-30-21-7(2)16(25)13(19(28)14(21)17(9)26)12-10(5-22)15(23)20(29)11(8(3)24)18(12)27/h9,25,27-29H,4-6H2,1-3H3. The van der Waals surface area contributed by atoms with Crippen LogP contribution in [0.2, 0.25) is 0 Å². The van der Waals surface area contributed by atoms with Crippen LogP contribution in [-0.4, -0.2) is 38.6 Å². The lowest BCUT2D eigenvalue weighted by Gasteiger charge is -2.28. The predicted octanol–water partition coefficient (Wildman–Crippen LogP) is 4.95. The van der Waals surface area contributed by atoms with Crippen molar-refractivity contribution in [2.24, 2.45) is 5.92 Å². The second-order valence-electron chi connectivity index (χ2n) is 7.11. The number of alkyl halides is 1. The largest absolute Gasteiger partial charge is 0.507 e. The van der Waals surface area contributed by atoms with E-state index in [1.165, 1.54) is 13.8 Å². The second kappa shape index (κ2) is 8.11. The fourth-order valence-electron chi connectivity index (χ4n) is 3.71. The number of rotatable bonds is 4. The highest BCUT2D eigenvalue weighted by molar-refractivity contribution is 9.11. The summed E-state index contributed by atoms with van der Waals surface area (Å²) in [6.45, 7) is 4.66. The minimum Gasteiger partial charge on any atom is -0.507 e. The molecule has 2 aromatic rings. The summed E-state index contributed by atoms with van der Waals surface area (Å²) in [7, 11) is 0. The molecular weight excluding hydrogens is 524 g/mol. The summed E-state index contributed by atoms with van der Waals surface area (Å²) in [5.41, 5.74) is -0.244. The van der Waals surface area contributed by atoms with Crippen LogP contribution in [-0.2, 0) is 5.33 Å². The minimum absolute atomic E-state index is 0.0749. The number of ether oxygens (including phenoxy) is 1. The van der Waals surface area contributed by atoms with E-state index < -0.39 is 34.7 Å². The average molecular weight is 544 g/mol. The molecule has 4 N–H and O–H groups in total. The van der Waals surface area contributed by atoms with Gasteiger partial charge >= 0.3 is 0 Å². The maximum atomic E-state index is 13.0. The Balaban J connectivity index is 2.49. The Kier molecular flexibility index (Phi) is 6.06. The second-order valence-corrected chi connectivity index (χ2v) is 8.47. The van der Waals surface area contributed by atoms with Gasteiger partial charge in [-0.2, -0.15) is 0 Å². The van der Waals surface area contributed by atoms with Crippen molar-refractivity contribution in [3.63, 3.8) is 0 Å². The molecule has 0 fully saturated rings. The Morgan fingerprint density at radius 2 is 1.70 bits per heavy atom. The first-order valence-corrected chi connectivity index (χ1v) is 11.1. The molecule has 1 aliphatic rings. The zero-order chi connectivity index (χ0) is 22.5. The van der Waals surface area contributed by atoms with Gasteiger partial charge in [0.1, 0.15) is 39.9 Å². The van der Waals surface area contributed by atoms with E-state index in [4.69, 9.17) is 4.74 Å². The summed E-state index contributed by atoms with van der Waals surface area (Å²) in [6.07, 6.45) is 0.504. The molecule has 1 aliphatic heterocycles. The number of Topliss-reactive ketones (excluding diaryl/α,β-unsaturated/α-hetero) is 2. The number of carbonyl (C=O) groups excluding carboxylic acids is 2. The normalized spacial score (nSPS) is 15.6. The number of phenolic OH excluding ortho intramolecular Hbond substituents is 4. The van der Waals surface area contributed by atoms with Crippen molar-refractivity contribution < 1.29 is 34.8 Å². The molecular formula is C21H20Br2O7. The molecule has 160 valence electrons.